The molecule has 1 unspecified atom stereocenters. The van der Waals surface area contributed by atoms with E-state index < -0.39 is 10.0 Å². The Balaban J connectivity index is 1.21. The monoisotopic (exact) mass is 651 g/mol. The summed E-state index contributed by atoms with van der Waals surface area (Å²) in [5.41, 5.74) is 6.54. The van der Waals surface area contributed by atoms with Gasteiger partial charge in [-0.3, -0.25) is 9.58 Å². The Kier molecular flexibility index (Phi) is 10.6. The first-order valence-corrected chi connectivity index (χ1v) is 18.1. The van der Waals surface area contributed by atoms with Crippen LogP contribution in [0.1, 0.15) is 47.2 Å². The number of fused-ring (bicyclic) bond motifs is 1. The molecule has 2 aromatic carbocycles. The van der Waals surface area contributed by atoms with Crippen LogP contribution in [0, 0.1) is 11.8 Å². The standard InChI is InChI=1S/C34H42ClN5O4S/c1-45(41,42)39-15-12-33-31(25-39)34(37-40(33)14-4-13-38-16-19-43-20-17-38)29-10-11-32(35)28(22-29)9-8-26-5-2-6-27(21-26)23-36-24-30-7-3-18-44-30/h2,5-6,10-11,21-22,30,36H,3-4,7,12-20,23-25H2,1H3. The Morgan fingerprint density at radius 3 is 2.73 bits per heavy atom. The van der Waals surface area contributed by atoms with Crippen LogP contribution in [-0.4, -0.2) is 92.3 Å². The third-order valence-electron chi connectivity index (χ3n) is 8.75. The number of morpholine rings is 1. The molecule has 4 heterocycles. The summed E-state index contributed by atoms with van der Waals surface area (Å²) >= 11 is 6.63. The molecule has 1 N–H and O–H groups in total. The number of hydrogen-bond acceptors (Lipinski definition) is 7. The van der Waals surface area contributed by atoms with Gasteiger partial charge in [-0.15, -0.1) is 0 Å². The third kappa shape index (κ3) is 8.35. The van der Waals surface area contributed by atoms with Gasteiger partial charge in [-0.25, -0.2) is 8.42 Å². The average Bonchev–Trinajstić information content (AvgIpc) is 3.69. The predicted molar refractivity (Wildman–Crippen MR) is 177 cm³/mol. The summed E-state index contributed by atoms with van der Waals surface area (Å²) in [6.07, 6.45) is 5.43. The van der Waals surface area contributed by atoms with Gasteiger partial charge >= 0.3 is 0 Å². The van der Waals surface area contributed by atoms with Gasteiger partial charge in [0, 0.05) is 93.3 Å². The van der Waals surface area contributed by atoms with Crippen LogP contribution in [-0.2, 0) is 45.6 Å². The van der Waals surface area contributed by atoms with Crippen LogP contribution in [0.4, 0.5) is 0 Å². The molecule has 0 amide bonds. The number of sulfonamides is 1. The second kappa shape index (κ2) is 14.8. The quantitative estimate of drug-likeness (QED) is 0.333. The third-order valence-corrected chi connectivity index (χ3v) is 10.3. The Labute approximate surface area is 271 Å². The highest BCUT2D eigenvalue weighted by molar-refractivity contribution is 7.88. The first-order valence-electron chi connectivity index (χ1n) is 15.9. The first kappa shape index (κ1) is 32.2. The summed E-state index contributed by atoms with van der Waals surface area (Å²) in [6, 6.07) is 14.0. The van der Waals surface area contributed by atoms with Crippen LogP contribution in [0.3, 0.4) is 0 Å². The minimum atomic E-state index is -3.33. The molecule has 3 aliphatic heterocycles. The molecule has 6 rings (SSSR count). The van der Waals surface area contributed by atoms with Crippen LogP contribution in [0.5, 0.6) is 0 Å². The van der Waals surface area contributed by atoms with Gasteiger partial charge in [0.25, 0.3) is 0 Å². The smallest absolute Gasteiger partial charge is 0.211 e. The number of hydrogen-bond donors (Lipinski definition) is 1. The maximum absolute atomic E-state index is 12.5. The van der Waals surface area contributed by atoms with Crippen molar-refractivity contribution in [1.82, 2.24) is 24.3 Å². The van der Waals surface area contributed by atoms with E-state index >= 15 is 0 Å². The molecule has 3 aliphatic rings. The van der Waals surface area contributed by atoms with Crippen molar-refractivity contribution in [2.24, 2.45) is 0 Å². The van der Waals surface area contributed by atoms with E-state index in [4.69, 9.17) is 26.2 Å². The van der Waals surface area contributed by atoms with Crippen LogP contribution >= 0.6 is 11.6 Å². The van der Waals surface area contributed by atoms with Gasteiger partial charge in [0.05, 0.1) is 36.3 Å². The molecule has 0 radical (unpaired) electrons. The lowest BCUT2D eigenvalue weighted by molar-refractivity contribution is 0.0368. The van der Waals surface area contributed by atoms with Gasteiger partial charge < -0.3 is 14.8 Å². The number of rotatable bonds is 10. The van der Waals surface area contributed by atoms with Gasteiger partial charge in [0.1, 0.15) is 0 Å². The highest BCUT2D eigenvalue weighted by atomic mass is 35.5. The number of aromatic nitrogens is 2. The Morgan fingerprint density at radius 1 is 1.07 bits per heavy atom. The summed E-state index contributed by atoms with van der Waals surface area (Å²) in [6.45, 7) is 8.48. The second-order valence-electron chi connectivity index (χ2n) is 12.1. The summed E-state index contributed by atoms with van der Waals surface area (Å²) < 4.78 is 39.8. The highest BCUT2D eigenvalue weighted by Crippen LogP contribution is 2.33. The van der Waals surface area contributed by atoms with E-state index in [2.05, 4.69) is 38.9 Å². The summed E-state index contributed by atoms with van der Waals surface area (Å²) in [5.74, 6) is 6.57. The van der Waals surface area contributed by atoms with E-state index in [1.54, 1.807) is 0 Å². The zero-order valence-electron chi connectivity index (χ0n) is 25.9. The fourth-order valence-corrected chi connectivity index (χ4v) is 7.24. The minimum Gasteiger partial charge on any atom is -0.379 e. The molecule has 11 heteroatoms. The molecular weight excluding hydrogens is 610 g/mol. The van der Waals surface area contributed by atoms with Crippen molar-refractivity contribution >= 4 is 21.6 Å². The fourth-order valence-electron chi connectivity index (χ4n) is 6.28. The zero-order valence-corrected chi connectivity index (χ0v) is 27.5. The van der Waals surface area contributed by atoms with Crippen LogP contribution in [0.25, 0.3) is 11.3 Å². The molecule has 3 aromatic rings. The van der Waals surface area contributed by atoms with E-state index in [9.17, 15) is 8.42 Å². The van der Waals surface area contributed by atoms with Gasteiger partial charge in [-0.05, 0) is 49.1 Å². The van der Waals surface area contributed by atoms with Crippen molar-refractivity contribution < 1.29 is 17.9 Å². The summed E-state index contributed by atoms with van der Waals surface area (Å²) in [5, 5.41) is 9.13. The zero-order chi connectivity index (χ0) is 31.2. The van der Waals surface area contributed by atoms with E-state index in [0.717, 1.165) is 106 Å². The first-order chi connectivity index (χ1) is 21.8. The molecule has 2 saturated heterocycles. The average molecular weight is 652 g/mol. The van der Waals surface area contributed by atoms with E-state index in [1.807, 2.05) is 30.3 Å². The van der Waals surface area contributed by atoms with Crippen molar-refractivity contribution in [2.45, 2.75) is 51.4 Å². The van der Waals surface area contributed by atoms with Crippen molar-refractivity contribution in [3.8, 4) is 23.1 Å². The maximum Gasteiger partial charge on any atom is 0.211 e. The second-order valence-corrected chi connectivity index (χ2v) is 14.5. The molecule has 0 spiro atoms. The van der Waals surface area contributed by atoms with E-state index in [-0.39, 0.29) is 0 Å². The Hall–Kier alpha value is -2.75. The summed E-state index contributed by atoms with van der Waals surface area (Å²) in [4.78, 5) is 2.42. The lowest BCUT2D eigenvalue weighted by Gasteiger charge is -2.27. The largest absolute Gasteiger partial charge is 0.379 e. The van der Waals surface area contributed by atoms with Gasteiger partial charge in [0.15, 0.2) is 0 Å². The van der Waals surface area contributed by atoms with Crippen LogP contribution in [0.2, 0.25) is 5.02 Å². The highest BCUT2D eigenvalue weighted by Gasteiger charge is 2.30. The maximum atomic E-state index is 12.5. The van der Waals surface area contributed by atoms with Gasteiger partial charge in [-0.2, -0.15) is 9.40 Å². The number of ether oxygens (including phenoxy) is 2. The number of aryl methyl sites for hydroxylation is 1. The molecule has 2 fully saturated rings. The Morgan fingerprint density at radius 2 is 1.93 bits per heavy atom. The van der Waals surface area contributed by atoms with Gasteiger partial charge in [0.2, 0.25) is 10.0 Å². The molecule has 45 heavy (non-hydrogen) atoms. The van der Waals surface area contributed by atoms with E-state index in [1.165, 1.54) is 16.1 Å². The number of nitrogens with one attached hydrogen (secondary N) is 1. The molecule has 0 aliphatic carbocycles. The molecule has 9 nitrogen and oxygen atoms in total. The van der Waals surface area contributed by atoms with Crippen molar-refractivity contribution in [3.05, 3.63) is 75.4 Å². The number of halogens is 1. The van der Waals surface area contributed by atoms with E-state index in [0.29, 0.717) is 36.2 Å². The number of benzene rings is 2. The molecular formula is C34H42ClN5O4S. The van der Waals surface area contributed by atoms with Crippen LogP contribution < -0.4 is 5.32 Å². The predicted octanol–water partition coefficient (Wildman–Crippen LogP) is 3.91. The Bertz CT molecular complexity index is 1650. The number of nitrogens with zero attached hydrogens (tertiary/aromatic N) is 4. The van der Waals surface area contributed by atoms with Crippen molar-refractivity contribution in [3.63, 3.8) is 0 Å². The lowest BCUT2D eigenvalue weighted by Crippen LogP contribution is -2.37. The SMILES string of the molecule is CS(=O)(=O)N1CCc2c(c(-c3ccc(Cl)c(C#Cc4cccc(CNCC5CCCO5)c4)c3)nn2CCCN2CCOCC2)C1. The van der Waals surface area contributed by atoms with Gasteiger partial charge in [-0.1, -0.05) is 41.6 Å². The molecule has 1 aromatic heterocycles. The minimum absolute atomic E-state index is 0.309. The molecule has 0 bridgehead atoms. The van der Waals surface area contributed by atoms with Crippen molar-refractivity contribution in [1.29, 1.82) is 0 Å². The van der Waals surface area contributed by atoms with Crippen LogP contribution in [0.15, 0.2) is 42.5 Å². The molecule has 1 atom stereocenters. The fraction of sp³-hybridized carbons (Fsp3) is 0.500. The molecule has 0 saturated carbocycles. The summed E-state index contributed by atoms with van der Waals surface area (Å²) in [7, 11) is -3.33. The normalized spacial score (nSPS) is 19.3. The lowest BCUT2D eigenvalue weighted by atomic mass is 10.0. The van der Waals surface area contributed by atoms with Crippen molar-refractivity contribution in [2.75, 3.05) is 58.8 Å². The topological polar surface area (TPSA) is 88.9 Å². The molecule has 240 valence electrons.